The number of alkyl halides is 3. The lowest BCUT2D eigenvalue weighted by molar-refractivity contribution is -0.175. The molecular weight excluding hydrogens is 345 g/mol. The van der Waals surface area contributed by atoms with Gasteiger partial charge in [-0.3, -0.25) is 0 Å². The Bertz CT molecular complexity index is 490. The first-order valence-corrected chi connectivity index (χ1v) is 7.90. The fraction of sp³-hybridized carbons (Fsp3) is 0.600. The minimum Gasteiger partial charge on any atom is -0.370 e. The third-order valence-corrected chi connectivity index (χ3v) is 4.76. The van der Waals surface area contributed by atoms with Gasteiger partial charge in [-0.05, 0) is 60.4 Å². The summed E-state index contributed by atoms with van der Waals surface area (Å²) >= 11 is 3.50. The van der Waals surface area contributed by atoms with Gasteiger partial charge in [-0.1, -0.05) is 6.07 Å². The summed E-state index contributed by atoms with van der Waals surface area (Å²) in [5.41, 5.74) is 1.95. The molecule has 1 saturated heterocycles. The zero-order valence-electron chi connectivity index (χ0n) is 12.2. The normalized spacial score (nSPS) is 21.4. The molecule has 118 valence electrons. The number of piperidine rings is 1. The molecule has 0 amide bonds. The second-order valence-electron chi connectivity index (χ2n) is 5.55. The molecule has 0 radical (unpaired) electrons. The second kappa shape index (κ2) is 6.57. The molecule has 6 heteroatoms. The monoisotopic (exact) mass is 364 g/mol. The largest absolute Gasteiger partial charge is 0.393 e. The van der Waals surface area contributed by atoms with Crippen LogP contribution < -0.4 is 10.2 Å². The van der Waals surface area contributed by atoms with E-state index in [2.05, 4.69) is 21.2 Å². The van der Waals surface area contributed by atoms with Crippen LogP contribution in [0.4, 0.5) is 18.9 Å². The predicted molar refractivity (Wildman–Crippen MR) is 82.6 cm³/mol. The van der Waals surface area contributed by atoms with Crippen LogP contribution in [0.15, 0.2) is 22.7 Å². The Morgan fingerprint density at radius 1 is 1.38 bits per heavy atom. The molecule has 1 aromatic rings. The summed E-state index contributed by atoms with van der Waals surface area (Å²) in [5.74, 6) is -1.23. The molecule has 2 unspecified atom stereocenters. The number of rotatable bonds is 3. The van der Waals surface area contributed by atoms with E-state index in [-0.39, 0.29) is 19.0 Å². The van der Waals surface area contributed by atoms with Crippen LogP contribution in [0, 0.1) is 5.92 Å². The Labute approximate surface area is 131 Å². The number of halogens is 4. The third kappa shape index (κ3) is 3.92. The molecule has 0 bridgehead atoms. The summed E-state index contributed by atoms with van der Waals surface area (Å²) in [4.78, 5) is 1.83. The van der Waals surface area contributed by atoms with E-state index in [9.17, 15) is 13.2 Å². The van der Waals surface area contributed by atoms with Crippen molar-refractivity contribution in [2.45, 2.75) is 32.0 Å². The molecule has 1 fully saturated rings. The van der Waals surface area contributed by atoms with Crippen molar-refractivity contribution in [1.29, 1.82) is 0 Å². The number of anilines is 1. The van der Waals surface area contributed by atoms with E-state index in [1.165, 1.54) is 0 Å². The Kier molecular flexibility index (Phi) is 5.20. The van der Waals surface area contributed by atoms with Crippen molar-refractivity contribution in [3.63, 3.8) is 0 Å². The van der Waals surface area contributed by atoms with Gasteiger partial charge in [-0.15, -0.1) is 0 Å². The summed E-state index contributed by atoms with van der Waals surface area (Å²) in [6.45, 7) is 2.76. The molecule has 2 nitrogen and oxygen atoms in total. The molecule has 1 heterocycles. The van der Waals surface area contributed by atoms with Gasteiger partial charge >= 0.3 is 6.18 Å². The van der Waals surface area contributed by atoms with Crippen LogP contribution in [0.25, 0.3) is 0 Å². The van der Waals surface area contributed by atoms with Gasteiger partial charge in [0.25, 0.3) is 0 Å². The average molecular weight is 365 g/mol. The Morgan fingerprint density at radius 2 is 2.10 bits per heavy atom. The molecule has 1 aliphatic rings. The fourth-order valence-electron chi connectivity index (χ4n) is 2.68. The Balaban J connectivity index is 2.18. The second-order valence-corrected chi connectivity index (χ2v) is 6.40. The highest BCUT2D eigenvalue weighted by atomic mass is 79.9. The maximum atomic E-state index is 12.9. The molecule has 0 spiro atoms. The van der Waals surface area contributed by atoms with Gasteiger partial charge in [0.2, 0.25) is 0 Å². The Hall–Kier alpha value is -0.750. The van der Waals surface area contributed by atoms with Crippen LogP contribution in [0.2, 0.25) is 0 Å². The smallest absolute Gasteiger partial charge is 0.370 e. The van der Waals surface area contributed by atoms with Gasteiger partial charge in [0, 0.05) is 23.6 Å². The van der Waals surface area contributed by atoms with Crippen LogP contribution in [0.3, 0.4) is 0 Å². The van der Waals surface area contributed by atoms with Gasteiger partial charge in [0.05, 0.1) is 11.6 Å². The number of nitrogens with zero attached hydrogens (tertiary/aromatic N) is 1. The maximum Gasteiger partial charge on any atom is 0.393 e. The maximum absolute atomic E-state index is 12.9. The van der Waals surface area contributed by atoms with Gasteiger partial charge in [0.15, 0.2) is 0 Å². The van der Waals surface area contributed by atoms with Crippen molar-refractivity contribution in [2.75, 3.05) is 25.0 Å². The van der Waals surface area contributed by atoms with Gasteiger partial charge < -0.3 is 10.2 Å². The molecule has 0 aromatic heterocycles. The first kappa shape index (κ1) is 16.6. The van der Waals surface area contributed by atoms with Crippen molar-refractivity contribution < 1.29 is 13.2 Å². The molecule has 0 saturated carbocycles. The van der Waals surface area contributed by atoms with E-state index < -0.39 is 12.1 Å². The van der Waals surface area contributed by atoms with Gasteiger partial charge in [0.1, 0.15) is 0 Å². The quantitative estimate of drug-likeness (QED) is 0.848. The van der Waals surface area contributed by atoms with Crippen molar-refractivity contribution in [3.8, 4) is 0 Å². The summed E-state index contributed by atoms with van der Waals surface area (Å²) in [6, 6.07) is 6.07. The molecule has 0 aliphatic carbocycles. The topological polar surface area (TPSA) is 15.3 Å². The molecular formula is C15H20BrF3N2. The lowest BCUT2D eigenvalue weighted by atomic mass is 9.96. The van der Waals surface area contributed by atoms with Crippen molar-refractivity contribution in [2.24, 2.45) is 5.92 Å². The molecule has 1 aromatic carbocycles. The van der Waals surface area contributed by atoms with Crippen molar-refractivity contribution >= 4 is 21.6 Å². The zero-order valence-corrected chi connectivity index (χ0v) is 13.8. The Morgan fingerprint density at radius 3 is 2.67 bits per heavy atom. The first-order valence-electron chi connectivity index (χ1n) is 7.11. The van der Waals surface area contributed by atoms with Crippen molar-refractivity contribution in [3.05, 3.63) is 28.2 Å². The van der Waals surface area contributed by atoms with Gasteiger partial charge in [-0.2, -0.15) is 13.2 Å². The third-order valence-electron chi connectivity index (χ3n) is 4.13. The number of hydrogen-bond acceptors (Lipinski definition) is 2. The number of nitrogens with one attached hydrogen (secondary N) is 1. The zero-order chi connectivity index (χ0) is 15.6. The minimum absolute atomic E-state index is 0.0447. The average Bonchev–Trinajstić information content (AvgIpc) is 2.45. The molecule has 2 atom stereocenters. The van der Waals surface area contributed by atoms with E-state index in [4.69, 9.17) is 0 Å². The predicted octanol–water partition coefficient (Wildman–Crippen LogP) is 4.51. The summed E-state index contributed by atoms with van der Waals surface area (Å²) in [7, 11) is 1.88. The highest BCUT2D eigenvalue weighted by molar-refractivity contribution is 9.10. The van der Waals surface area contributed by atoms with E-state index in [0.717, 1.165) is 15.7 Å². The van der Waals surface area contributed by atoms with Gasteiger partial charge in [-0.25, -0.2) is 0 Å². The van der Waals surface area contributed by atoms with Crippen molar-refractivity contribution in [1.82, 2.24) is 5.32 Å². The van der Waals surface area contributed by atoms with E-state index in [1.54, 1.807) is 0 Å². The summed E-state index contributed by atoms with van der Waals surface area (Å²) < 4.78 is 39.6. The van der Waals surface area contributed by atoms with Crippen LogP contribution in [0.5, 0.6) is 0 Å². The fourth-order valence-corrected chi connectivity index (χ4v) is 3.33. The first-order chi connectivity index (χ1) is 9.82. The van der Waals surface area contributed by atoms with Crippen LogP contribution >= 0.6 is 15.9 Å². The molecule has 1 aliphatic heterocycles. The molecule has 1 N–H and O–H groups in total. The summed E-state index contributed by atoms with van der Waals surface area (Å²) in [6.07, 6.45) is -3.30. The minimum atomic E-state index is -4.11. The van der Waals surface area contributed by atoms with Crippen LogP contribution in [0.1, 0.15) is 31.4 Å². The lowest BCUT2D eigenvalue weighted by Crippen LogP contribution is -2.41. The summed E-state index contributed by atoms with van der Waals surface area (Å²) in [5, 5.41) is 3.15. The standard InChI is InChI=1S/C15H20BrF3N2/c1-10(20-2)11-5-6-14(13(16)8-11)21-7-3-4-12(9-21)15(17,18)19/h5-6,8,10,12,20H,3-4,7,9H2,1-2H3. The molecule has 2 rings (SSSR count). The van der Waals surface area contributed by atoms with Crippen LogP contribution in [-0.4, -0.2) is 26.3 Å². The highest BCUT2D eigenvalue weighted by Crippen LogP contribution is 2.37. The SMILES string of the molecule is CNC(C)c1ccc(N2CCCC(C(F)(F)F)C2)c(Br)c1. The van der Waals surface area contributed by atoms with E-state index in [0.29, 0.717) is 13.0 Å². The van der Waals surface area contributed by atoms with E-state index >= 15 is 0 Å². The van der Waals surface area contributed by atoms with E-state index in [1.807, 2.05) is 37.1 Å². The molecule has 21 heavy (non-hydrogen) atoms. The number of benzene rings is 1. The highest BCUT2D eigenvalue weighted by Gasteiger charge is 2.42. The van der Waals surface area contributed by atoms with Crippen LogP contribution in [-0.2, 0) is 0 Å². The lowest BCUT2D eigenvalue weighted by Gasteiger charge is -2.36. The number of hydrogen-bond donors (Lipinski definition) is 1.